The van der Waals surface area contributed by atoms with Crippen molar-refractivity contribution in [2.75, 3.05) is 13.1 Å². The number of hydrogen-bond acceptors (Lipinski definition) is 5. The molecular weight excluding hydrogens is 309 g/mol. The van der Waals surface area contributed by atoms with E-state index in [4.69, 9.17) is 4.42 Å². The van der Waals surface area contributed by atoms with Crippen LogP contribution in [0.15, 0.2) is 28.7 Å². The summed E-state index contributed by atoms with van der Waals surface area (Å²) in [5.74, 6) is 0.384. The summed E-state index contributed by atoms with van der Waals surface area (Å²) in [4.78, 5) is 2.28. The van der Waals surface area contributed by atoms with Crippen molar-refractivity contribution in [1.82, 2.24) is 15.1 Å². The molecular formula is C18H24FN3O2. The lowest BCUT2D eigenvalue weighted by Gasteiger charge is -2.34. The number of likely N-dealkylation sites (tertiary alicyclic amines) is 1. The van der Waals surface area contributed by atoms with E-state index in [0.717, 1.165) is 32.4 Å². The van der Waals surface area contributed by atoms with E-state index in [1.54, 1.807) is 18.2 Å². The van der Waals surface area contributed by atoms with Crippen LogP contribution in [0.2, 0.25) is 0 Å². The van der Waals surface area contributed by atoms with Crippen molar-refractivity contribution in [1.29, 1.82) is 0 Å². The molecule has 0 amide bonds. The van der Waals surface area contributed by atoms with Crippen LogP contribution in [0.1, 0.15) is 51.5 Å². The molecule has 1 N–H and O–H groups in total. The normalized spacial score (nSPS) is 19.6. The van der Waals surface area contributed by atoms with Crippen LogP contribution >= 0.6 is 0 Å². The number of aromatic nitrogens is 2. The van der Waals surface area contributed by atoms with Crippen LogP contribution in [0.25, 0.3) is 11.5 Å². The molecule has 1 aromatic carbocycles. The molecule has 1 aromatic heterocycles. The van der Waals surface area contributed by atoms with Crippen molar-refractivity contribution in [2.24, 2.45) is 0 Å². The minimum absolute atomic E-state index is 0.0362. The highest BCUT2D eigenvalue weighted by atomic mass is 19.1. The van der Waals surface area contributed by atoms with E-state index in [1.165, 1.54) is 6.07 Å². The Balaban J connectivity index is 1.78. The van der Waals surface area contributed by atoms with Gasteiger partial charge in [0.1, 0.15) is 5.82 Å². The van der Waals surface area contributed by atoms with Crippen LogP contribution in [0, 0.1) is 5.82 Å². The number of benzene rings is 1. The molecule has 3 rings (SSSR count). The van der Waals surface area contributed by atoms with E-state index in [1.807, 2.05) is 13.8 Å². The van der Waals surface area contributed by atoms with Crippen molar-refractivity contribution < 1.29 is 13.9 Å². The lowest BCUT2D eigenvalue weighted by Crippen LogP contribution is -2.37. The molecule has 0 saturated carbocycles. The SMILES string of the molecule is CC(C)(O)CCN1CCCC[C@@H]1c1nnc(-c2ccccc2F)o1. The zero-order valence-corrected chi connectivity index (χ0v) is 14.2. The van der Waals surface area contributed by atoms with Gasteiger partial charge in [-0.2, -0.15) is 0 Å². The molecule has 1 saturated heterocycles. The van der Waals surface area contributed by atoms with Crippen molar-refractivity contribution in [2.45, 2.75) is 51.2 Å². The highest BCUT2D eigenvalue weighted by Crippen LogP contribution is 2.32. The quantitative estimate of drug-likeness (QED) is 0.906. The summed E-state index contributed by atoms with van der Waals surface area (Å²) < 4.78 is 19.7. The lowest BCUT2D eigenvalue weighted by molar-refractivity contribution is 0.0398. The average molecular weight is 333 g/mol. The Bertz CT molecular complexity index is 681. The van der Waals surface area contributed by atoms with Crippen LogP contribution < -0.4 is 0 Å². The zero-order chi connectivity index (χ0) is 17.2. The maximum atomic E-state index is 13.9. The molecule has 0 unspecified atom stereocenters. The summed E-state index contributed by atoms with van der Waals surface area (Å²) in [6, 6.07) is 6.44. The molecule has 1 aliphatic rings. The van der Waals surface area contributed by atoms with Crippen molar-refractivity contribution in [3.63, 3.8) is 0 Å². The van der Waals surface area contributed by atoms with Gasteiger partial charge in [0.25, 0.3) is 5.89 Å². The second kappa shape index (κ2) is 6.99. The highest BCUT2D eigenvalue weighted by Gasteiger charge is 2.30. The van der Waals surface area contributed by atoms with Crippen LogP contribution in [-0.4, -0.2) is 38.9 Å². The first-order valence-electron chi connectivity index (χ1n) is 8.49. The monoisotopic (exact) mass is 333 g/mol. The van der Waals surface area contributed by atoms with Gasteiger partial charge in [-0.15, -0.1) is 10.2 Å². The molecule has 1 aliphatic heterocycles. The minimum atomic E-state index is -0.699. The standard InChI is InChI=1S/C18H24FN3O2/c1-18(2,23)10-12-22-11-6-5-9-15(22)17-21-20-16(24-17)13-7-3-4-8-14(13)19/h3-4,7-8,15,23H,5-6,9-12H2,1-2H3/t15-/m1/s1. The molecule has 5 nitrogen and oxygen atoms in total. The van der Waals surface area contributed by atoms with Gasteiger partial charge in [-0.1, -0.05) is 18.6 Å². The smallest absolute Gasteiger partial charge is 0.250 e. The molecule has 6 heteroatoms. The maximum Gasteiger partial charge on any atom is 0.250 e. The topological polar surface area (TPSA) is 62.4 Å². The highest BCUT2D eigenvalue weighted by molar-refractivity contribution is 5.53. The molecule has 24 heavy (non-hydrogen) atoms. The Morgan fingerprint density at radius 2 is 2.08 bits per heavy atom. The molecule has 0 radical (unpaired) electrons. The van der Waals surface area contributed by atoms with Crippen LogP contribution in [0.5, 0.6) is 0 Å². The third kappa shape index (κ3) is 3.99. The van der Waals surface area contributed by atoms with E-state index in [9.17, 15) is 9.50 Å². The van der Waals surface area contributed by atoms with E-state index < -0.39 is 5.60 Å². The summed E-state index contributed by atoms with van der Waals surface area (Å²) >= 11 is 0. The fraction of sp³-hybridized carbons (Fsp3) is 0.556. The number of rotatable bonds is 5. The Hall–Kier alpha value is -1.79. The van der Waals surface area contributed by atoms with Crippen LogP contribution in [-0.2, 0) is 0 Å². The van der Waals surface area contributed by atoms with Gasteiger partial charge in [-0.25, -0.2) is 4.39 Å². The molecule has 130 valence electrons. The molecule has 0 aliphatic carbocycles. The summed E-state index contributed by atoms with van der Waals surface area (Å²) in [6.07, 6.45) is 3.83. The number of aliphatic hydroxyl groups is 1. The molecule has 1 fully saturated rings. The molecule has 2 aromatic rings. The van der Waals surface area contributed by atoms with Crippen LogP contribution in [0.3, 0.4) is 0 Å². The molecule has 1 atom stereocenters. The Labute approximate surface area is 141 Å². The van der Waals surface area contributed by atoms with E-state index in [-0.39, 0.29) is 17.7 Å². The third-order valence-corrected chi connectivity index (χ3v) is 4.45. The van der Waals surface area contributed by atoms with E-state index >= 15 is 0 Å². The van der Waals surface area contributed by atoms with Gasteiger partial charge < -0.3 is 9.52 Å². The lowest BCUT2D eigenvalue weighted by atomic mass is 9.99. The number of piperidine rings is 1. The first-order valence-corrected chi connectivity index (χ1v) is 8.49. The Morgan fingerprint density at radius 3 is 2.83 bits per heavy atom. The maximum absolute atomic E-state index is 13.9. The molecule has 2 heterocycles. The second-order valence-electron chi connectivity index (χ2n) is 7.04. The minimum Gasteiger partial charge on any atom is -0.419 e. The average Bonchev–Trinajstić information content (AvgIpc) is 3.02. The second-order valence-corrected chi connectivity index (χ2v) is 7.04. The molecule has 0 bridgehead atoms. The predicted octanol–water partition coefficient (Wildman–Crippen LogP) is 3.56. The number of halogens is 1. The van der Waals surface area contributed by atoms with Crippen molar-refractivity contribution >= 4 is 0 Å². The Kier molecular flexibility index (Phi) is 4.96. The van der Waals surface area contributed by atoms with Gasteiger partial charge in [-0.3, -0.25) is 4.90 Å². The van der Waals surface area contributed by atoms with Gasteiger partial charge in [0.05, 0.1) is 17.2 Å². The van der Waals surface area contributed by atoms with Gasteiger partial charge in [0.2, 0.25) is 5.89 Å². The fourth-order valence-electron chi connectivity index (χ4n) is 3.07. The molecule has 0 spiro atoms. The zero-order valence-electron chi connectivity index (χ0n) is 14.2. The van der Waals surface area contributed by atoms with E-state index in [2.05, 4.69) is 15.1 Å². The van der Waals surface area contributed by atoms with E-state index in [0.29, 0.717) is 17.9 Å². The van der Waals surface area contributed by atoms with Gasteiger partial charge >= 0.3 is 0 Å². The largest absolute Gasteiger partial charge is 0.419 e. The van der Waals surface area contributed by atoms with Crippen molar-refractivity contribution in [3.05, 3.63) is 36.0 Å². The van der Waals surface area contributed by atoms with Gasteiger partial charge in [0, 0.05) is 6.54 Å². The predicted molar refractivity (Wildman–Crippen MR) is 88.8 cm³/mol. The summed E-state index contributed by atoms with van der Waals surface area (Å²) in [7, 11) is 0. The van der Waals surface area contributed by atoms with Gasteiger partial charge in [-0.05, 0) is 51.8 Å². The first kappa shape index (κ1) is 17.0. The summed E-state index contributed by atoms with van der Waals surface area (Å²) in [5.41, 5.74) is -0.370. The number of hydrogen-bond donors (Lipinski definition) is 1. The summed E-state index contributed by atoms with van der Waals surface area (Å²) in [6.45, 7) is 5.34. The Morgan fingerprint density at radius 1 is 1.29 bits per heavy atom. The fourth-order valence-corrected chi connectivity index (χ4v) is 3.07. The summed E-state index contributed by atoms with van der Waals surface area (Å²) in [5, 5.41) is 18.2. The third-order valence-electron chi connectivity index (χ3n) is 4.45. The van der Waals surface area contributed by atoms with Crippen LogP contribution in [0.4, 0.5) is 4.39 Å². The number of nitrogens with zero attached hydrogens (tertiary/aromatic N) is 3. The van der Waals surface area contributed by atoms with Crippen molar-refractivity contribution in [3.8, 4) is 11.5 Å². The van der Waals surface area contributed by atoms with Gasteiger partial charge in [0.15, 0.2) is 0 Å². The first-order chi connectivity index (χ1) is 11.4.